The minimum absolute atomic E-state index is 0.0309. The number of carbonyl (C=O) groups excluding carboxylic acids is 1. The van der Waals surface area contributed by atoms with Crippen molar-refractivity contribution in [2.45, 2.75) is 71.4 Å². The molecule has 0 aromatic heterocycles. The molecule has 0 saturated carbocycles. The van der Waals surface area contributed by atoms with Crippen molar-refractivity contribution >= 4 is 5.91 Å². The fraction of sp³-hybridized carbons (Fsp3) is 0.667. The van der Waals surface area contributed by atoms with Gasteiger partial charge in [0.05, 0.1) is 0 Å². The number of para-hydroxylation sites is 1. The summed E-state index contributed by atoms with van der Waals surface area (Å²) in [7, 11) is 0. The second kappa shape index (κ2) is 10.4. The number of likely N-dealkylation sites (tertiary alicyclic amines) is 1. The normalized spacial score (nSPS) is 19.4. The van der Waals surface area contributed by atoms with Gasteiger partial charge in [-0.05, 0) is 57.2 Å². The molecule has 0 spiro atoms. The Kier molecular flexibility index (Phi) is 8.26. The number of piperidine rings is 1. The fourth-order valence-electron chi connectivity index (χ4n) is 3.61. The van der Waals surface area contributed by atoms with Gasteiger partial charge >= 0.3 is 0 Å². The smallest absolute Gasteiger partial charge is 0.260 e. The first-order chi connectivity index (χ1) is 12.2. The Bertz CT molecular complexity index is 532. The Hall–Kier alpha value is -1.55. The monoisotopic (exact) mass is 346 g/mol. The van der Waals surface area contributed by atoms with Crippen LogP contribution in [0.4, 0.5) is 0 Å². The summed E-state index contributed by atoms with van der Waals surface area (Å²) in [6.07, 6.45) is 6.66. The lowest BCUT2D eigenvalue weighted by Gasteiger charge is -2.35. The predicted octanol–water partition coefficient (Wildman–Crippen LogP) is 3.79. The molecular formula is C21H34N2O2. The Labute approximate surface area is 152 Å². The van der Waals surface area contributed by atoms with E-state index < -0.39 is 6.10 Å². The topological polar surface area (TPSA) is 41.6 Å². The molecule has 1 aromatic carbocycles. The van der Waals surface area contributed by atoms with Crippen LogP contribution in [0, 0.1) is 0 Å². The van der Waals surface area contributed by atoms with E-state index in [-0.39, 0.29) is 5.91 Å². The van der Waals surface area contributed by atoms with Crippen molar-refractivity contribution in [3.05, 3.63) is 29.8 Å². The van der Waals surface area contributed by atoms with Gasteiger partial charge in [-0.15, -0.1) is 0 Å². The lowest BCUT2D eigenvalue weighted by atomic mass is 10.00. The number of hydrogen-bond donors (Lipinski definition) is 1. The standard InChI is InChI=1S/C21H34N2O2/c1-4-18-11-6-7-13-20(18)25-17(3)21(24)22-14-10-16-23-15-9-8-12-19(23)5-2/h6-7,11,13,17,19H,4-5,8-10,12,14-16H2,1-3H3,(H,22,24). The van der Waals surface area contributed by atoms with Crippen LogP contribution in [0.1, 0.15) is 58.4 Å². The Morgan fingerprint density at radius 2 is 2.12 bits per heavy atom. The van der Waals surface area contributed by atoms with Gasteiger partial charge < -0.3 is 15.0 Å². The highest BCUT2D eigenvalue weighted by Gasteiger charge is 2.20. The van der Waals surface area contributed by atoms with Crippen LogP contribution in [0.2, 0.25) is 0 Å². The van der Waals surface area contributed by atoms with Gasteiger partial charge in [0.2, 0.25) is 0 Å². The minimum Gasteiger partial charge on any atom is -0.481 e. The molecule has 1 aromatic rings. The molecule has 2 rings (SSSR count). The number of amides is 1. The van der Waals surface area contributed by atoms with Crippen LogP contribution in [0.25, 0.3) is 0 Å². The quantitative estimate of drug-likeness (QED) is 0.692. The molecule has 1 aliphatic rings. The molecule has 2 atom stereocenters. The highest BCUT2D eigenvalue weighted by molar-refractivity contribution is 5.80. The zero-order chi connectivity index (χ0) is 18.1. The van der Waals surface area contributed by atoms with Gasteiger partial charge in [0.25, 0.3) is 5.91 Å². The fourth-order valence-corrected chi connectivity index (χ4v) is 3.61. The summed E-state index contributed by atoms with van der Waals surface area (Å²) in [6, 6.07) is 8.66. The maximum atomic E-state index is 12.3. The van der Waals surface area contributed by atoms with Crippen LogP contribution in [-0.4, -0.2) is 42.6 Å². The van der Waals surface area contributed by atoms with Crippen LogP contribution in [-0.2, 0) is 11.2 Å². The van der Waals surface area contributed by atoms with Gasteiger partial charge in [-0.3, -0.25) is 4.79 Å². The van der Waals surface area contributed by atoms with E-state index in [4.69, 9.17) is 4.74 Å². The minimum atomic E-state index is -0.467. The molecule has 0 radical (unpaired) electrons. The zero-order valence-electron chi connectivity index (χ0n) is 16.1. The summed E-state index contributed by atoms with van der Waals surface area (Å²) in [5.41, 5.74) is 1.14. The van der Waals surface area contributed by atoms with E-state index in [0.29, 0.717) is 0 Å². The third-order valence-corrected chi connectivity index (χ3v) is 5.17. The van der Waals surface area contributed by atoms with Crippen molar-refractivity contribution in [3.8, 4) is 5.75 Å². The molecular weight excluding hydrogens is 312 g/mol. The Morgan fingerprint density at radius 3 is 2.88 bits per heavy atom. The van der Waals surface area contributed by atoms with E-state index in [9.17, 15) is 4.79 Å². The molecule has 2 unspecified atom stereocenters. The highest BCUT2D eigenvalue weighted by atomic mass is 16.5. The number of nitrogens with zero attached hydrogens (tertiary/aromatic N) is 1. The van der Waals surface area contributed by atoms with Crippen LogP contribution in [0.3, 0.4) is 0 Å². The van der Waals surface area contributed by atoms with Crippen LogP contribution < -0.4 is 10.1 Å². The van der Waals surface area contributed by atoms with Crippen molar-refractivity contribution in [2.75, 3.05) is 19.6 Å². The van der Waals surface area contributed by atoms with Gasteiger partial charge in [-0.1, -0.05) is 38.5 Å². The van der Waals surface area contributed by atoms with Gasteiger partial charge in [0.1, 0.15) is 5.75 Å². The van der Waals surface area contributed by atoms with Crippen molar-refractivity contribution in [1.29, 1.82) is 0 Å². The third kappa shape index (κ3) is 6.03. The van der Waals surface area contributed by atoms with Crippen LogP contribution >= 0.6 is 0 Å². The highest BCUT2D eigenvalue weighted by Crippen LogP contribution is 2.20. The van der Waals surface area contributed by atoms with Crippen molar-refractivity contribution < 1.29 is 9.53 Å². The zero-order valence-corrected chi connectivity index (χ0v) is 16.1. The number of aryl methyl sites for hydroxylation is 1. The lowest BCUT2D eigenvalue weighted by molar-refractivity contribution is -0.127. The van der Waals surface area contributed by atoms with Crippen LogP contribution in [0.15, 0.2) is 24.3 Å². The molecule has 140 valence electrons. The summed E-state index contributed by atoms with van der Waals surface area (Å²) in [5, 5.41) is 3.02. The molecule has 1 aliphatic heterocycles. The second-order valence-corrected chi connectivity index (χ2v) is 6.96. The molecule has 25 heavy (non-hydrogen) atoms. The summed E-state index contributed by atoms with van der Waals surface area (Å²) in [5.74, 6) is 0.781. The average Bonchev–Trinajstić information content (AvgIpc) is 2.65. The average molecular weight is 347 g/mol. The van der Waals surface area contributed by atoms with Gasteiger partial charge in [-0.2, -0.15) is 0 Å². The summed E-state index contributed by atoms with van der Waals surface area (Å²) < 4.78 is 5.86. The van der Waals surface area contributed by atoms with E-state index in [1.165, 1.54) is 32.2 Å². The van der Waals surface area contributed by atoms with Crippen molar-refractivity contribution in [1.82, 2.24) is 10.2 Å². The summed E-state index contributed by atoms with van der Waals surface area (Å²) >= 11 is 0. The lowest BCUT2D eigenvalue weighted by Crippen LogP contribution is -2.41. The van der Waals surface area contributed by atoms with Crippen molar-refractivity contribution in [3.63, 3.8) is 0 Å². The Morgan fingerprint density at radius 1 is 1.32 bits per heavy atom. The third-order valence-electron chi connectivity index (χ3n) is 5.17. The first-order valence-corrected chi connectivity index (χ1v) is 9.92. The molecule has 4 nitrogen and oxygen atoms in total. The summed E-state index contributed by atoms with van der Waals surface area (Å²) in [4.78, 5) is 14.9. The molecule has 1 heterocycles. The summed E-state index contributed by atoms with van der Waals surface area (Å²) in [6.45, 7) is 9.19. The molecule has 1 fully saturated rings. The molecule has 1 N–H and O–H groups in total. The largest absolute Gasteiger partial charge is 0.481 e. The predicted molar refractivity (Wildman–Crippen MR) is 103 cm³/mol. The number of benzene rings is 1. The first-order valence-electron chi connectivity index (χ1n) is 9.92. The SMILES string of the molecule is CCc1ccccc1OC(C)C(=O)NCCCN1CCCCC1CC. The maximum absolute atomic E-state index is 12.3. The van der Waals surface area contributed by atoms with Crippen LogP contribution in [0.5, 0.6) is 5.75 Å². The second-order valence-electron chi connectivity index (χ2n) is 6.96. The molecule has 1 amide bonds. The number of carbonyl (C=O) groups is 1. The van der Waals surface area contributed by atoms with E-state index in [1.807, 2.05) is 31.2 Å². The van der Waals surface area contributed by atoms with E-state index in [2.05, 4.69) is 24.1 Å². The number of hydrogen-bond acceptors (Lipinski definition) is 3. The van der Waals surface area contributed by atoms with Crippen molar-refractivity contribution in [2.24, 2.45) is 0 Å². The molecule has 4 heteroatoms. The van der Waals surface area contributed by atoms with E-state index >= 15 is 0 Å². The molecule has 0 aliphatic carbocycles. The van der Waals surface area contributed by atoms with Gasteiger partial charge in [-0.25, -0.2) is 0 Å². The van der Waals surface area contributed by atoms with Gasteiger partial charge in [0, 0.05) is 19.1 Å². The van der Waals surface area contributed by atoms with Gasteiger partial charge in [0.15, 0.2) is 6.10 Å². The first kappa shape index (κ1) is 19.8. The van der Waals surface area contributed by atoms with E-state index in [0.717, 1.165) is 43.3 Å². The molecule has 0 bridgehead atoms. The number of nitrogens with one attached hydrogen (secondary N) is 1. The Balaban J connectivity index is 1.70. The molecule has 1 saturated heterocycles. The maximum Gasteiger partial charge on any atom is 0.260 e. The van der Waals surface area contributed by atoms with E-state index in [1.54, 1.807) is 0 Å². The number of rotatable bonds is 9. The number of ether oxygens (including phenoxy) is 1.